The van der Waals surface area contributed by atoms with Gasteiger partial charge in [-0.15, -0.1) is 0 Å². The number of benzene rings is 3. The summed E-state index contributed by atoms with van der Waals surface area (Å²) in [7, 11) is -2.24. The van der Waals surface area contributed by atoms with E-state index in [4.69, 9.17) is 9.47 Å². The number of sulfonamides is 1. The van der Waals surface area contributed by atoms with Gasteiger partial charge in [0.05, 0.1) is 12.0 Å². The third-order valence-corrected chi connectivity index (χ3v) is 6.66. The zero-order valence-electron chi connectivity index (χ0n) is 19.1. The molecule has 1 atom stereocenters. The van der Waals surface area contributed by atoms with Gasteiger partial charge in [-0.1, -0.05) is 19.1 Å². The maximum Gasteiger partial charge on any atom is 0.265 e. The summed E-state index contributed by atoms with van der Waals surface area (Å²) in [4.78, 5) is 12.8. The Bertz CT molecular complexity index is 1210. The number of ether oxygens (including phenoxy) is 2. The highest BCUT2D eigenvalue weighted by Gasteiger charge is 2.20. The van der Waals surface area contributed by atoms with E-state index in [0.29, 0.717) is 29.3 Å². The van der Waals surface area contributed by atoms with E-state index in [1.807, 2.05) is 39.0 Å². The lowest BCUT2D eigenvalue weighted by atomic mass is 10.1. The SMILES string of the molecule is CC[C@H](Oc1cccc(C)c1C)C(=O)Nc1ccc(S(=O)(=O)Nc2ccc(OC)cc2)cc1. The molecule has 0 fully saturated rings. The summed E-state index contributed by atoms with van der Waals surface area (Å²) in [6, 6.07) is 18.3. The molecule has 0 unspecified atom stereocenters. The fraction of sp³-hybridized carbons (Fsp3) is 0.240. The van der Waals surface area contributed by atoms with Crippen LogP contribution in [0.25, 0.3) is 0 Å². The van der Waals surface area contributed by atoms with Crippen molar-refractivity contribution in [3.63, 3.8) is 0 Å². The van der Waals surface area contributed by atoms with Crippen molar-refractivity contribution < 1.29 is 22.7 Å². The topological polar surface area (TPSA) is 93.7 Å². The van der Waals surface area contributed by atoms with E-state index >= 15 is 0 Å². The Morgan fingerprint density at radius 3 is 2.18 bits per heavy atom. The van der Waals surface area contributed by atoms with Crippen LogP contribution in [0.5, 0.6) is 11.5 Å². The molecule has 33 heavy (non-hydrogen) atoms. The molecule has 174 valence electrons. The van der Waals surface area contributed by atoms with Gasteiger partial charge in [0.25, 0.3) is 15.9 Å². The average Bonchev–Trinajstić information content (AvgIpc) is 2.80. The number of methoxy groups -OCH3 is 1. The van der Waals surface area contributed by atoms with E-state index in [-0.39, 0.29) is 10.8 Å². The molecule has 0 aliphatic carbocycles. The first-order chi connectivity index (χ1) is 15.7. The van der Waals surface area contributed by atoms with Crippen molar-refractivity contribution >= 4 is 27.3 Å². The summed E-state index contributed by atoms with van der Waals surface area (Å²) in [6.07, 6.45) is -0.192. The lowest BCUT2D eigenvalue weighted by Gasteiger charge is -2.19. The summed E-state index contributed by atoms with van der Waals surface area (Å²) in [6.45, 7) is 5.81. The number of hydrogen-bond acceptors (Lipinski definition) is 5. The van der Waals surface area contributed by atoms with Crippen LogP contribution >= 0.6 is 0 Å². The summed E-state index contributed by atoms with van der Waals surface area (Å²) in [5, 5.41) is 2.80. The molecule has 0 spiro atoms. The van der Waals surface area contributed by atoms with Crippen molar-refractivity contribution in [2.24, 2.45) is 0 Å². The van der Waals surface area contributed by atoms with Gasteiger partial charge in [0.1, 0.15) is 11.5 Å². The Balaban J connectivity index is 1.67. The number of amides is 1. The van der Waals surface area contributed by atoms with Crippen molar-refractivity contribution in [1.29, 1.82) is 0 Å². The Morgan fingerprint density at radius 2 is 1.58 bits per heavy atom. The van der Waals surface area contributed by atoms with Crippen LogP contribution in [0.15, 0.2) is 71.6 Å². The quantitative estimate of drug-likeness (QED) is 0.465. The zero-order chi connectivity index (χ0) is 24.0. The van der Waals surface area contributed by atoms with Crippen molar-refractivity contribution in [2.75, 3.05) is 17.1 Å². The van der Waals surface area contributed by atoms with Gasteiger partial charge in [-0.25, -0.2) is 8.42 Å². The van der Waals surface area contributed by atoms with Crippen molar-refractivity contribution in [3.8, 4) is 11.5 Å². The number of carbonyl (C=O) groups is 1. The highest BCUT2D eigenvalue weighted by Crippen LogP contribution is 2.24. The van der Waals surface area contributed by atoms with Gasteiger partial charge in [-0.2, -0.15) is 0 Å². The molecule has 0 saturated heterocycles. The van der Waals surface area contributed by atoms with Gasteiger partial charge < -0.3 is 14.8 Å². The molecule has 0 aromatic heterocycles. The third kappa shape index (κ3) is 6.04. The van der Waals surface area contributed by atoms with Crippen LogP contribution in [0.3, 0.4) is 0 Å². The highest BCUT2D eigenvalue weighted by molar-refractivity contribution is 7.92. The summed E-state index contributed by atoms with van der Waals surface area (Å²) < 4.78 is 38.9. The molecule has 2 N–H and O–H groups in total. The Labute approximate surface area is 194 Å². The minimum absolute atomic E-state index is 0.0787. The molecule has 7 nitrogen and oxygen atoms in total. The van der Waals surface area contributed by atoms with Gasteiger partial charge in [0, 0.05) is 11.4 Å². The molecule has 3 rings (SSSR count). The molecule has 0 saturated carbocycles. The minimum Gasteiger partial charge on any atom is -0.497 e. The summed E-state index contributed by atoms with van der Waals surface area (Å²) in [5.74, 6) is 0.999. The number of anilines is 2. The molecule has 0 aliphatic rings. The van der Waals surface area contributed by atoms with Crippen LogP contribution in [0.1, 0.15) is 24.5 Å². The first kappa shape index (κ1) is 24.1. The van der Waals surface area contributed by atoms with Gasteiger partial charge in [-0.05, 0) is 86.0 Å². The fourth-order valence-electron chi connectivity index (χ4n) is 3.14. The predicted octanol–water partition coefficient (Wildman–Crippen LogP) is 4.91. The smallest absolute Gasteiger partial charge is 0.265 e. The maximum atomic E-state index is 12.7. The number of carbonyl (C=O) groups excluding carboxylic acids is 1. The lowest BCUT2D eigenvalue weighted by Crippen LogP contribution is -2.32. The molecule has 1 amide bonds. The van der Waals surface area contributed by atoms with Gasteiger partial charge >= 0.3 is 0 Å². The van der Waals surface area contributed by atoms with Crippen LogP contribution in [-0.2, 0) is 14.8 Å². The number of aryl methyl sites for hydroxylation is 1. The maximum absolute atomic E-state index is 12.7. The molecule has 3 aromatic carbocycles. The lowest BCUT2D eigenvalue weighted by molar-refractivity contribution is -0.122. The fourth-order valence-corrected chi connectivity index (χ4v) is 4.20. The monoisotopic (exact) mass is 468 g/mol. The van der Waals surface area contributed by atoms with Crippen LogP contribution in [0, 0.1) is 13.8 Å². The molecule has 3 aromatic rings. The highest BCUT2D eigenvalue weighted by atomic mass is 32.2. The standard InChI is InChI=1S/C25H28N2O5S/c1-5-23(32-24-8-6-7-17(2)18(24)3)25(28)26-19-11-15-22(16-12-19)33(29,30)27-20-9-13-21(31-4)14-10-20/h6-16,23,27H,5H2,1-4H3,(H,26,28)/t23-/m0/s1. The van der Waals surface area contributed by atoms with Gasteiger partial charge in [-0.3, -0.25) is 9.52 Å². The number of nitrogens with one attached hydrogen (secondary N) is 2. The molecule has 0 bridgehead atoms. The van der Waals surface area contributed by atoms with E-state index in [1.54, 1.807) is 36.4 Å². The molecule has 0 aliphatic heterocycles. The second-order valence-electron chi connectivity index (χ2n) is 7.56. The van der Waals surface area contributed by atoms with Crippen molar-refractivity contribution in [3.05, 3.63) is 77.9 Å². The number of hydrogen-bond donors (Lipinski definition) is 2. The van der Waals surface area contributed by atoms with E-state index < -0.39 is 16.1 Å². The molecular formula is C25H28N2O5S. The van der Waals surface area contributed by atoms with Gasteiger partial charge in [0.15, 0.2) is 6.10 Å². The van der Waals surface area contributed by atoms with Crippen LogP contribution in [0.2, 0.25) is 0 Å². The first-order valence-corrected chi connectivity index (χ1v) is 12.0. The summed E-state index contributed by atoms with van der Waals surface area (Å²) >= 11 is 0. The second kappa shape index (κ2) is 10.4. The minimum atomic E-state index is -3.78. The largest absolute Gasteiger partial charge is 0.497 e. The molecule has 0 heterocycles. The molecular weight excluding hydrogens is 440 g/mol. The summed E-state index contributed by atoms with van der Waals surface area (Å²) in [5.41, 5.74) is 2.97. The van der Waals surface area contributed by atoms with Crippen molar-refractivity contribution in [1.82, 2.24) is 0 Å². The van der Waals surface area contributed by atoms with Crippen molar-refractivity contribution in [2.45, 2.75) is 38.2 Å². The van der Waals surface area contributed by atoms with E-state index in [1.165, 1.54) is 19.2 Å². The van der Waals surface area contributed by atoms with Crippen LogP contribution in [0.4, 0.5) is 11.4 Å². The third-order valence-electron chi connectivity index (χ3n) is 5.26. The first-order valence-electron chi connectivity index (χ1n) is 10.5. The molecule has 8 heteroatoms. The van der Waals surface area contributed by atoms with Crippen LogP contribution in [-0.4, -0.2) is 27.5 Å². The normalized spacial score (nSPS) is 12.0. The van der Waals surface area contributed by atoms with E-state index in [9.17, 15) is 13.2 Å². The average molecular weight is 469 g/mol. The van der Waals surface area contributed by atoms with E-state index in [2.05, 4.69) is 10.0 Å². The Hall–Kier alpha value is -3.52. The predicted molar refractivity (Wildman–Crippen MR) is 129 cm³/mol. The number of rotatable bonds is 9. The van der Waals surface area contributed by atoms with Crippen LogP contribution < -0.4 is 19.5 Å². The zero-order valence-corrected chi connectivity index (χ0v) is 19.9. The Morgan fingerprint density at radius 1 is 0.939 bits per heavy atom. The van der Waals surface area contributed by atoms with E-state index in [0.717, 1.165) is 11.1 Å². The second-order valence-corrected chi connectivity index (χ2v) is 9.24. The molecule has 0 radical (unpaired) electrons. The van der Waals surface area contributed by atoms with Gasteiger partial charge in [0.2, 0.25) is 0 Å². The Kier molecular flexibility index (Phi) is 7.60.